The summed E-state index contributed by atoms with van der Waals surface area (Å²) in [6, 6.07) is 24.6. The van der Waals surface area contributed by atoms with Gasteiger partial charge in [0.1, 0.15) is 23.0 Å². The Kier molecular flexibility index (Phi) is 8.02. The van der Waals surface area contributed by atoms with Crippen LogP contribution in [-0.4, -0.2) is 21.6 Å². The van der Waals surface area contributed by atoms with Gasteiger partial charge in [0, 0.05) is 6.07 Å². The van der Waals surface area contributed by atoms with E-state index < -0.39 is 35.3 Å². The molecule has 10 heteroatoms. The van der Waals surface area contributed by atoms with Crippen LogP contribution < -0.4 is 11.1 Å². The van der Waals surface area contributed by atoms with Gasteiger partial charge in [-0.05, 0) is 88.8 Å². The number of aromatic carboxylic acids is 1. The van der Waals surface area contributed by atoms with Crippen LogP contribution in [-0.2, 0) is 6.54 Å². The lowest BCUT2D eigenvalue weighted by molar-refractivity contribution is 0.0696. The molecule has 0 spiro atoms. The minimum absolute atomic E-state index is 0.0277. The topological polar surface area (TPSA) is 102 Å². The summed E-state index contributed by atoms with van der Waals surface area (Å²) in [5.41, 5.74) is 3.71. The predicted octanol–water partition coefficient (Wildman–Crippen LogP) is 7.58. The van der Waals surface area contributed by atoms with E-state index in [0.717, 1.165) is 29.3 Å². The maximum Gasteiger partial charge on any atom is 0.420 e. The molecule has 46 heavy (non-hydrogen) atoms. The molecule has 1 amide bonds. The Labute approximate surface area is 260 Å². The Morgan fingerprint density at radius 1 is 0.761 bits per heavy atom. The highest BCUT2D eigenvalue weighted by Crippen LogP contribution is 2.30. The molecule has 0 aliphatic carbocycles. The Hall–Kier alpha value is -5.90. The molecule has 1 atom stereocenters. The lowest BCUT2D eigenvalue weighted by atomic mass is 10.00. The third kappa shape index (κ3) is 6.18. The molecule has 1 aromatic heterocycles. The first-order valence-corrected chi connectivity index (χ1v) is 14.2. The number of fused-ring (bicyclic) bond motifs is 1. The summed E-state index contributed by atoms with van der Waals surface area (Å²) in [5, 5.41) is 12.1. The van der Waals surface area contributed by atoms with Gasteiger partial charge in [-0.25, -0.2) is 22.8 Å². The number of oxazole rings is 1. The van der Waals surface area contributed by atoms with Crippen LogP contribution >= 0.6 is 0 Å². The number of nitrogens with zero attached hydrogens (tertiary/aromatic N) is 1. The van der Waals surface area contributed by atoms with Gasteiger partial charge < -0.3 is 14.8 Å². The van der Waals surface area contributed by atoms with E-state index in [4.69, 9.17) is 4.42 Å². The Morgan fingerprint density at radius 3 is 1.96 bits per heavy atom. The maximum atomic E-state index is 14.1. The Bertz CT molecular complexity index is 2130. The molecule has 6 aromatic rings. The number of nitrogens with one attached hydrogen (secondary N) is 1. The second-order valence-electron chi connectivity index (χ2n) is 10.8. The Morgan fingerprint density at radius 2 is 1.35 bits per heavy atom. The third-order valence-corrected chi connectivity index (χ3v) is 7.68. The molecule has 0 aliphatic rings. The molecule has 0 radical (unpaired) electrons. The van der Waals surface area contributed by atoms with Gasteiger partial charge in [0.15, 0.2) is 5.58 Å². The summed E-state index contributed by atoms with van der Waals surface area (Å²) in [5.74, 6) is -4.40. The van der Waals surface area contributed by atoms with Gasteiger partial charge in [0.2, 0.25) is 0 Å². The van der Waals surface area contributed by atoms with Crippen molar-refractivity contribution >= 4 is 23.0 Å². The number of rotatable bonds is 8. The molecule has 0 saturated heterocycles. The number of aromatic nitrogens is 1. The molecule has 0 fully saturated rings. The summed E-state index contributed by atoms with van der Waals surface area (Å²) < 4.78 is 48.5. The first-order chi connectivity index (χ1) is 22.0. The molecule has 0 aliphatic heterocycles. The summed E-state index contributed by atoms with van der Waals surface area (Å²) in [6.07, 6.45) is 0. The number of carbonyl (C=O) groups excluding carboxylic acids is 1. The molecule has 0 unspecified atom stereocenters. The molecule has 1 heterocycles. The zero-order valence-electron chi connectivity index (χ0n) is 24.3. The SMILES string of the molecule is C[C@H](NC(=O)c1cc(-c2cc(F)cc(F)c2)cc2oc(=O)n(Cc3ccc(-c4ccc(F)cc4)cc3)c12)c1ccc(C(=O)O)cc1. The number of hydrogen-bond donors (Lipinski definition) is 2. The van der Waals surface area contributed by atoms with Gasteiger partial charge in [-0.15, -0.1) is 0 Å². The van der Waals surface area contributed by atoms with Crippen molar-refractivity contribution in [2.75, 3.05) is 0 Å². The highest BCUT2D eigenvalue weighted by atomic mass is 19.1. The zero-order valence-corrected chi connectivity index (χ0v) is 24.3. The van der Waals surface area contributed by atoms with E-state index in [1.54, 1.807) is 43.3 Å². The normalized spacial score (nSPS) is 11.8. The zero-order chi connectivity index (χ0) is 32.5. The van der Waals surface area contributed by atoms with Gasteiger partial charge >= 0.3 is 11.7 Å². The second-order valence-corrected chi connectivity index (χ2v) is 10.8. The first-order valence-electron chi connectivity index (χ1n) is 14.2. The van der Waals surface area contributed by atoms with Crippen molar-refractivity contribution in [1.82, 2.24) is 9.88 Å². The van der Waals surface area contributed by atoms with Crippen molar-refractivity contribution in [3.8, 4) is 22.3 Å². The average molecular weight is 623 g/mol. The third-order valence-electron chi connectivity index (χ3n) is 7.68. The van der Waals surface area contributed by atoms with E-state index in [0.29, 0.717) is 11.1 Å². The van der Waals surface area contributed by atoms with E-state index in [9.17, 15) is 32.7 Å². The van der Waals surface area contributed by atoms with E-state index in [1.165, 1.54) is 41.0 Å². The van der Waals surface area contributed by atoms with Gasteiger partial charge in [-0.2, -0.15) is 0 Å². The minimum atomic E-state index is -1.08. The van der Waals surface area contributed by atoms with Crippen LogP contribution in [0, 0.1) is 17.5 Å². The van der Waals surface area contributed by atoms with Crippen LogP contribution in [0.2, 0.25) is 0 Å². The highest BCUT2D eigenvalue weighted by Gasteiger charge is 2.23. The van der Waals surface area contributed by atoms with Crippen molar-refractivity contribution < 1.29 is 32.3 Å². The smallest absolute Gasteiger partial charge is 0.420 e. The van der Waals surface area contributed by atoms with Crippen molar-refractivity contribution in [2.24, 2.45) is 0 Å². The van der Waals surface area contributed by atoms with Gasteiger partial charge in [-0.1, -0.05) is 48.5 Å². The number of benzene rings is 5. The molecule has 0 saturated carbocycles. The van der Waals surface area contributed by atoms with Crippen molar-refractivity contribution in [2.45, 2.75) is 19.5 Å². The lowest BCUT2D eigenvalue weighted by Gasteiger charge is -2.16. The van der Waals surface area contributed by atoms with Gasteiger partial charge in [-0.3, -0.25) is 9.36 Å². The molecule has 0 bridgehead atoms. The van der Waals surface area contributed by atoms with Crippen LogP contribution in [0.4, 0.5) is 13.2 Å². The number of hydrogen-bond acceptors (Lipinski definition) is 4. The number of carboxylic acid groups (broad SMARTS) is 1. The molecule has 7 nitrogen and oxygen atoms in total. The molecular weight excluding hydrogens is 597 g/mol. The lowest BCUT2D eigenvalue weighted by Crippen LogP contribution is -2.28. The quantitative estimate of drug-likeness (QED) is 0.182. The highest BCUT2D eigenvalue weighted by molar-refractivity contribution is 6.06. The Balaban J connectivity index is 1.40. The van der Waals surface area contributed by atoms with Gasteiger partial charge in [0.05, 0.1) is 23.7 Å². The monoisotopic (exact) mass is 622 g/mol. The fourth-order valence-electron chi connectivity index (χ4n) is 5.31. The van der Waals surface area contributed by atoms with E-state index in [1.807, 2.05) is 12.1 Å². The number of carbonyl (C=O) groups is 2. The van der Waals surface area contributed by atoms with Crippen LogP contribution in [0.15, 0.2) is 112 Å². The predicted molar refractivity (Wildman–Crippen MR) is 166 cm³/mol. The van der Waals surface area contributed by atoms with Gasteiger partial charge in [0.25, 0.3) is 5.91 Å². The van der Waals surface area contributed by atoms with E-state index in [2.05, 4.69) is 5.32 Å². The van der Waals surface area contributed by atoms with Crippen molar-refractivity contribution in [3.05, 3.63) is 153 Å². The minimum Gasteiger partial charge on any atom is -0.478 e. The molecule has 6 rings (SSSR count). The largest absolute Gasteiger partial charge is 0.478 e. The molecule has 5 aromatic carbocycles. The summed E-state index contributed by atoms with van der Waals surface area (Å²) in [6.45, 7) is 1.75. The van der Waals surface area contributed by atoms with E-state index in [-0.39, 0.29) is 45.7 Å². The van der Waals surface area contributed by atoms with Crippen LogP contribution in [0.25, 0.3) is 33.4 Å². The van der Waals surface area contributed by atoms with Crippen LogP contribution in [0.5, 0.6) is 0 Å². The summed E-state index contributed by atoms with van der Waals surface area (Å²) in [4.78, 5) is 38.3. The average Bonchev–Trinajstić information content (AvgIpc) is 3.35. The number of amides is 1. The van der Waals surface area contributed by atoms with Crippen molar-refractivity contribution in [3.63, 3.8) is 0 Å². The van der Waals surface area contributed by atoms with E-state index >= 15 is 0 Å². The van der Waals surface area contributed by atoms with Crippen molar-refractivity contribution in [1.29, 1.82) is 0 Å². The number of halogens is 3. The summed E-state index contributed by atoms with van der Waals surface area (Å²) in [7, 11) is 0. The fourth-order valence-corrected chi connectivity index (χ4v) is 5.31. The molecule has 2 N–H and O–H groups in total. The second kappa shape index (κ2) is 12.2. The molecule has 230 valence electrons. The molecular formula is C36H25F3N2O5. The van der Waals surface area contributed by atoms with Crippen LogP contribution in [0.1, 0.15) is 44.8 Å². The number of carboxylic acids is 1. The van der Waals surface area contributed by atoms with Crippen LogP contribution in [0.3, 0.4) is 0 Å². The summed E-state index contributed by atoms with van der Waals surface area (Å²) >= 11 is 0. The first kappa shape index (κ1) is 30.1. The maximum absolute atomic E-state index is 14.1. The fraction of sp³-hybridized carbons (Fsp3) is 0.0833. The standard InChI is InChI=1S/C36H25F3N2O5/c1-20(22-6-8-25(9-7-22)35(43)44)40-34(42)31-16-27(26-14-29(38)18-30(39)15-26)17-32-33(31)41(36(45)46-32)19-21-2-4-23(5-3-21)24-10-12-28(37)13-11-24/h2-18,20H,19H2,1H3,(H,40,42)(H,43,44)/t20-/m0/s1.